The Morgan fingerprint density at radius 3 is 2.06 bits per heavy atom. The summed E-state index contributed by atoms with van der Waals surface area (Å²) < 4.78 is 0. The third-order valence-corrected chi connectivity index (χ3v) is 3.07. The summed E-state index contributed by atoms with van der Waals surface area (Å²) in [6.45, 7) is 9.55. The van der Waals surface area contributed by atoms with E-state index in [2.05, 4.69) is 0 Å². The van der Waals surface area contributed by atoms with Crippen molar-refractivity contribution in [2.24, 2.45) is 0 Å². The highest BCUT2D eigenvalue weighted by atomic mass is 16.4. The van der Waals surface area contributed by atoms with Crippen LogP contribution in [-0.4, -0.2) is 16.2 Å². The number of aromatic carboxylic acids is 1. The monoisotopic (exact) mass is 236 g/mol. The van der Waals surface area contributed by atoms with Crippen LogP contribution in [0.3, 0.4) is 0 Å². The molecule has 0 heterocycles. The molecule has 0 spiro atoms. The quantitative estimate of drug-likeness (QED) is 0.842. The lowest BCUT2D eigenvalue weighted by molar-refractivity contribution is 0.0696. The molecule has 0 saturated carbocycles. The van der Waals surface area contributed by atoms with Crippen LogP contribution in [0.2, 0.25) is 0 Å². The van der Waals surface area contributed by atoms with Crippen LogP contribution in [-0.2, 0) is 0 Å². The van der Waals surface area contributed by atoms with E-state index >= 15 is 0 Å². The molecule has 0 aliphatic heterocycles. The first-order chi connectivity index (χ1) is 7.77. The lowest BCUT2D eigenvalue weighted by Crippen LogP contribution is -2.07. The van der Waals surface area contributed by atoms with Gasteiger partial charge in [-0.3, -0.25) is 0 Å². The summed E-state index contributed by atoms with van der Waals surface area (Å²) >= 11 is 0. The molecule has 0 aliphatic rings. The van der Waals surface area contributed by atoms with Crippen molar-refractivity contribution in [3.05, 3.63) is 28.3 Å². The molecular weight excluding hydrogens is 216 g/mol. The Morgan fingerprint density at radius 1 is 1.18 bits per heavy atom. The molecule has 0 fully saturated rings. The Labute approximate surface area is 102 Å². The van der Waals surface area contributed by atoms with Crippen LogP contribution in [0.1, 0.15) is 66.6 Å². The highest BCUT2D eigenvalue weighted by molar-refractivity contribution is 5.90. The van der Waals surface area contributed by atoms with E-state index in [9.17, 15) is 15.0 Å². The van der Waals surface area contributed by atoms with Crippen molar-refractivity contribution in [3.8, 4) is 5.75 Å². The molecule has 0 amide bonds. The number of carboxylic acid groups (broad SMARTS) is 1. The number of rotatable bonds is 3. The van der Waals surface area contributed by atoms with Gasteiger partial charge in [-0.25, -0.2) is 4.79 Å². The zero-order valence-electron chi connectivity index (χ0n) is 11.0. The van der Waals surface area contributed by atoms with Crippen molar-refractivity contribution < 1.29 is 15.0 Å². The van der Waals surface area contributed by atoms with Crippen LogP contribution in [0.5, 0.6) is 5.75 Å². The Balaban J connectivity index is 3.63. The predicted octanol–water partition coefficient (Wildman–Crippen LogP) is 3.65. The van der Waals surface area contributed by atoms with Crippen LogP contribution in [0.15, 0.2) is 6.07 Å². The largest absolute Gasteiger partial charge is 0.507 e. The van der Waals surface area contributed by atoms with Gasteiger partial charge in [0.2, 0.25) is 0 Å². The molecule has 94 valence electrons. The molecule has 0 aromatic heterocycles. The number of benzene rings is 1. The average Bonchev–Trinajstić information content (AvgIpc) is 2.15. The molecule has 1 aromatic carbocycles. The van der Waals surface area contributed by atoms with Crippen molar-refractivity contribution in [2.75, 3.05) is 0 Å². The maximum atomic E-state index is 11.2. The van der Waals surface area contributed by atoms with Gasteiger partial charge in [0.25, 0.3) is 0 Å². The number of carbonyl (C=O) groups is 1. The molecule has 3 heteroatoms. The second-order valence-electron chi connectivity index (χ2n) is 5.02. The highest BCUT2D eigenvalue weighted by Gasteiger charge is 2.21. The average molecular weight is 236 g/mol. The topological polar surface area (TPSA) is 57.5 Å². The number of phenolic OH excluding ortho intramolecular Hbond substituents is 1. The summed E-state index contributed by atoms with van der Waals surface area (Å²) in [6, 6.07) is 1.59. The van der Waals surface area contributed by atoms with Crippen LogP contribution in [0, 0.1) is 6.92 Å². The lowest BCUT2D eigenvalue weighted by atomic mass is 9.87. The van der Waals surface area contributed by atoms with Crippen LogP contribution >= 0.6 is 0 Å². The molecule has 0 radical (unpaired) electrons. The summed E-state index contributed by atoms with van der Waals surface area (Å²) in [5.41, 5.74) is 2.40. The normalized spacial score (nSPS) is 11.2. The van der Waals surface area contributed by atoms with Gasteiger partial charge in [-0.1, -0.05) is 27.7 Å². The zero-order valence-corrected chi connectivity index (χ0v) is 11.0. The molecule has 0 saturated heterocycles. The van der Waals surface area contributed by atoms with Crippen LogP contribution in [0.25, 0.3) is 0 Å². The van der Waals surface area contributed by atoms with E-state index in [0.717, 1.165) is 5.56 Å². The van der Waals surface area contributed by atoms with E-state index in [1.54, 1.807) is 13.0 Å². The summed E-state index contributed by atoms with van der Waals surface area (Å²) in [4.78, 5) is 11.2. The Hall–Kier alpha value is -1.51. The summed E-state index contributed by atoms with van der Waals surface area (Å²) in [6.07, 6.45) is 0. The molecule has 0 bridgehead atoms. The molecule has 17 heavy (non-hydrogen) atoms. The highest BCUT2D eigenvalue weighted by Crippen LogP contribution is 2.37. The molecule has 1 aromatic rings. The molecule has 0 aliphatic carbocycles. The lowest BCUT2D eigenvalue weighted by Gasteiger charge is -2.19. The first kappa shape index (κ1) is 13.6. The molecule has 3 nitrogen and oxygen atoms in total. The van der Waals surface area contributed by atoms with Crippen molar-refractivity contribution in [1.82, 2.24) is 0 Å². The Kier molecular flexibility index (Phi) is 3.81. The van der Waals surface area contributed by atoms with Crippen LogP contribution in [0.4, 0.5) is 0 Å². The number of hydrogen-bond acceptors (Lipinski definition) is 2. The predicted molar refractivity (Wildman–Crippen MR) is 68.0 cm³/mol. The fraction of sp³-hybridized carbons (Fsp3) is 0.500. The van der Waals surface area contributed by atoms with Crippen molar-refractivity contribution in [1.29, 1.82) is 0 Å². The molecule has 0 unspecified atom stereocenters. The minimum atomic E-state index is -0.939. The molecule has 1 rings (SSSR count). The maximum absolute atomic E-state index is 11.2. The second-order valence-corrected chi connectivity index (χ2v) is 5.02. The van der Waals surface area contributed by atoms with E-state index in [4.69, 9.17) is 0 Å². The van der Waals surface area contributed by atoms with Gasteiger partial charge in [0.1, 0.15) is 5.75 Å². The SMILES string of the molecule is Cc1c(C(=O)O)cc(C(C)C)c(O)c1C(C)C. The standard InChI is InChI=1S/C14H20O3/c1-7(2)10-6-11(14(16)17)9(5)12(8(3)4)13(10)15/h6-8,15H,1-5H3,(H,16,17). The van der Waals surface area contributed by atoms with E-state index in [1.165, 1.54) is 0 Å². The Bertz CT molecular complexity index is 445. The Morgan fingerprint density at radius 2 is 1.71 bits per heavy atom. The number of aromatic hydroxyl groups is 1. The first-order valence-electron chi connectivity index (χ1n) is 5.87. The van der Waals surface area contributed by atoms with Crippen LogP contribution < -0.4 is 0 Å². The van der Waals surface area contributed by atoms with Gasteiger partial charge in [-0.15, -0.1) is 0 Å². The summed E-state index contributed by atoms with van der Waals surface area (Å²) in [5.74, 6) is -0.484. The first-order valence-corrected chi connectivity index (χ1v) is 5.87. The van der Waals surface area contributed by atoms with Gasteiger partial charge in [0.15, 0.2) is 0 Å². The minimum Gasteiger partial charge on any atom is -0.507 e. The van der Waals surface area contributed by atoms with Gasteiger partial charge in [0, 0.05) is 5.56 Å². The number of carboxylic acids is 1. The van der Waals surface area contributed by atoms with Gasteiger partial charge in [0.05, 0.1) is 5.56 Å². The van der Waals surface area contributed by atoms with E-state index in [0.29, 0.717) is 11.1 Å². The fourth-order valence-electron chi connectivity index (χ4n) is 2.18. The number of phenols is 1. The van der Waals surface area contributed by atoms with E-state index in [1.807, 2.05) is 27.7 Å². The van der Waals surface area contributed by atoms with Gasteiger partial charge in [-0.05, 0) is 36.0 Å². The van der Waals surface area contributed by atoms with E-state index in [-0.39, 0.29) is 23.1 Å². The van der Waals surface area contributed by atoms with Gasteiger partial charge < -0.3 is 10.2 Å². The number of hydrogen-bond donors (Lipinski definition) is 2. The smallest absolute Gasteiger partial charge is 0.335 e. The third kappa shape index (κ3) is 2.43. The minimum absolute atomic E-state index is 0.103. The van der Waals surface area contributed by atoms with Gasteiger partial charge >= 0.3 is 5.97 Å². The van der Waals surface area contributed by atoms with Crippen molar-refractivity contribution >= 4 is 5.97 Å². The molecular formula is C14H20O3. The molecule has 0 atom stereocenters. The summed E-state index contributed by atoms with van der Waals surface area (Å²) in [5, 5.41) is 19.4. The summed E-state index contributed by atoms with van der Waals surface area (Å²) in [7, 11) is 0. The zero-order chi connectivity index (χ0) is 13.3. The van der Waals surface area contributed by atoms with E-state index < -0.39 is 5.97 Å². The second kappa shape index (κ2) is 4.78. The van der Waals surface area contributed by atoms with Gasteiger partial charge in [-0.2, -0.15) is 0 Å². The fourth-order valence-corrected chi connectivity index (χ4v) is 2.18. The van der Waals surface area contributed by atoms with Crippen molar-refractivity contribution in [3.63, 3.8) is 0 Å². The maximum Gasteiger partial charge on any atom is 0.335 e. The molecule has 2 N–H and O–H groups in total. The third-order valence-electron chi connectivity index (χ3n) is 3.07. The van der Waals surface area contributed by atoms with Crippen molar-refractivity contribution in [2.45, 2.75) is 46.5 Å².